The fourth-order valence-electron chi connectivity index (χ4n) is 1.78. The third kappa shape index (κ3) is 1.80. The number of rotatable bonds is 2. The lowest BCUT2D eigenvalue weighted by molar-refractivity contribution is -0.118. The molecule has 1 heterocycles. The smallest absolute Gasteiger partial charge is 0.160 e. The molecule has 1 unspecified atom stereocenters. The van der Waals surface area contributed by atoms with Crippen molar-refractivity contribution in [1.29, 1.82) is 0 Å². The van der Waals surface area contributed by atoms with Crippen molar-refractivity contribution in [2.45, 2.75) is 12.5 Å². The lowest BCUT2D eigenvalue weighted by Gasteiger charge is -2.11. The standard InChI is InChI=1S/C11H13NO3/c1-15-10-6-7(2-3-8(10)13)11-9(14)4-5-12-11/h2-3,6,11-13H,4-5H2,1H3. The molecule has 0 aromatic heterocycles. The van der Waals surface area contributed by atoms with E-state index in [4.69, 9.17) is 4.74 Å². The lowest BCUT2D eigenvalue weighted by Crippen LogP contribution is -2.17. The van der Waals surface area contributed by atoms with Crippen molar-refractivity contribution in [3.63, 3.8) is 0 Å². The summed E-state index contributed by atoms with van der Waals surface area (Å²) in [5, 5.41) is 12.5. The number of nitrogens with one attached hydrogen (secondary N) is 1. The van der Waals surface area contributed by atoms with E-state index in [0.29, 0.717) is 18.7 Å². The van der Waals surface area contributed by atoms with Crippen molar-refractivity contribution in [1.82, 2.24) is 5.32 Å². The minimum absolute atomic E-state index is 0.0895. The van der Waals surface area contributed by atoms with Gasteiger partial charge in [0.15, 0.2) is 17.3 Å². The van der Waals surface area contributed by atoms with Crippen molar-refractivity contribution in [2.24, 2.45) is 0 Å². The van der Waals surface area contributed by atoms with Crippen molar-refractivity contribution >= 4 is 5.78 Å². The van der Waals surface area contributed by atoms with Gasteiger partial charge in [-0.25, -0.2) is 0 Å². The third-order valence-electron chi connectivity index (χ3n) is 2.58. The van der Waals surface area contributed by atoms with Gasteiger partial charge in [0.2, 0.25) is 0 Å². The summed E-state index contributed by atoms with van der Waals surface area (Å²) < 4.78 is 4.99. The number of ketones is 1. The van der Waals surface area contributed by atoms with Crippen molar-refractivity contribution < 1.29 is 14.6 Å². The number of aromatic hydroxyl groups is 1. The first-order valence-corrected chi connectivity index (χ1v) is 4.85. The molecule has 2 N–H and O–H groups in total. The molecular weight excluding hydrogens is 194 g/mol. The van der Waals surface area contributed by atoms with Crippen molar-refractivity contribution in [2.75, 3.05) is 13.7 Å². The van der Waals surface area contributed by atoms with Crippen LogP contribution in [0.4, 0.5) is 0 Å². The number of benzene rings is 1. The molecule has 15 heavy (non-hydrogen) atoms. The first-order chi connectivity index (χ1) is 7.22. The highest BCUT2D eigenvalue weighted by molar-refractivity contribution is 5.87. The highest BCUT2D eigenvalue weighted by Gasteiger charge is 2.25. The molecule has 4 heteroatoms. The fraction of sp³-hybridized carbons (Fsp3) is 0.364. The molecule has 0 bridgehead atoms. The van der Waals surface area contributed by atoms with Crippen LogP contribution < -0.4 is 10.1 Å². The number of phenols is 1. The highest BCUT2D eigenvalue weighted by atomic mass is 16.5. The quantitative estimate of drug-likeness (QED) is 0.759. The maximum absolute atomic E-state index is 11.5. The number of carbonyl (C=O) groups excluding carboxylic acids is 1. The minimum atomic E-state index is -0.250. The minimum Gasteiger partial charge on any atom is -0.504 e. The Balaban J connectivity index is 2.32. The average molecular weight is 207 g/mol. The summed E-state index contributed by atoms with van der Waals surface area (Å²) in [4.78, 5) is 11.5. The van der Waals surface area contributed by atoms with E-state index in [9.17, 15) is 9.90 Å². The summed E-state index contributed by atoms with van der Waals surface area (Å²) in [6.07, 6.45) is 0.563. The Bertz CT molecular complexity index is 389. The maximum atomic E-state index is 11.5. The van der Waals surface area contributed by atoms with Gasteiger partial charge in [-0.1, -0.05) is 6.07 Å². The zero-order chi connectivity index (χ0) is 10.8. The van der Waals surface area contributed by atoms with Crippen LogP contribution in [0.1, 0.15) is 18.0 Å². The molecule has 1 aliphatic rings. The molecule has 2 rings (SSSR count). The van der Waals surface area contributed by atoms with Gasteiger partial charge in [0.25, 0.3) is 0 Å². The Morgan fingerprint density at radius 3 is 2.93 bits per heavy atom. The number of carbonyl (C=O) groups is 1. The summed E-state index contributed by atoms with van der Waals surface area (Å²) in [6.45, 7) is 0.715. The largest absolute Gasteiger partial charge is 0.504 e. The zero-order valence-electron chi connectivity index (χ0n) is 8.49. The molecular formula is C11H13NO3. The van der Waals surface area contributed by atoms with Crippen molar-refractivity contribution in [3.05, 3.63) is 23.8 Å². The van der Waals surface area contributed by atoms with E-state index < -0.39 is 0 Å². The molecule has 80 valence electrons. The van der Waals surface area contributed by atoms with Gasteiger partial charge in [-0.05, 0) is 17.7 Å². The number of phenolic OH excluding ortho intramolecular Hbond substituents is 1. The van der Waals surface area contributed by atoms with Crippen LogP contribution in [0.25, 0.3) is 0 Å². The molecule has 1 aromatic carbocycles. The van der Waals surface area contributed by atoms with Crippen molar-refractivity contribution in [3.8, 4) is 11.5 Å². The molecule has 0 saturated carbocycles. The highest BCUT2D eigenvalue weighted by Crippen LogP contribution is 2.30. The molecule has 1 atom stereocenters. The first-order valence-electron chi connectivity index (χ1n) is 4.85. The van der Waals surface area contributed by atoms with Gasteiger partial charge in [0.1, 0.15) is 0 Å². The summed E-state index contributed by atoms with van der Waals surface area (Å²) >= 11 is 0. The Hall–Kier alpha value is -1.55. The van der Waals surface area contributed by atoms with Gasteiger partial charge in [0, 0.05) is 13.0 Å². The number of Topliss-reactive ketones (excluding diaryl/α,β-unsaturated/α-hetero) is 1. The van der Waals surface area contributed by atoms with E-state index in [1.54, 1.807) is 18.2 Å². The molecule has 1 fully saturated rings. The molecule has 1 saturated heterocycles. The number of ether oxygens (including phenoxy) is 1. The second-order valence-corrected chi connectivity index (χ2v) is 3.53. The van der Waals surface area contributed by atoms with Gasteiger partial charge in [0.05, 0.1) is 13.2 Å². The van der Waals surface area contributed by atoms with E-state index in [1.165, 1.54) is 7.11 Å². The van der Waals surface area contributed by atoms with Crippen LogP contribution in [-0.4, -0.2) is 24.5 Å². The first kappa shape index (κ1) is 9.98. The lowest BCUT2D eigenvalue weighted by atomic mass is 10.0. The Kier molecular flexibility index (Phi) is 2.60. The normalized spacial score (nSPS) is 20.6. The van der Waals surface area contributed by atoms with Crippen LogP contribution in [0.5, 0.6) is 11.5 Å². The molecule has 0 aliphatic carbocycles. The summed E-state index contributed by atoms with van der Waals surface area (Å²) in [7, 11) is 1.49. The number of methoxy groups -OCH3 is 1. The predicted molar refractivity (Wildman–Crippen MR) is 55.0 cm³/mol. The molecule has 0 amide bonds. The maximum Gasteiger partial charge on any atom is 0.160 e. The van der Waals surface area contributed by atoms with Crippen LogP contribution in [0.2, 0.25) is 0 Å². The predicted octanol–water partition coefficient (Wildman–Crippen LogP) is 1.00. The van der Waals surface area contributed by atoms with E-state index >= 15 is 0 Å². The Labute approximate surface area is 87.9 Å². The van der Waals surface area contributed by atoms with E-state index in [2.05, 4.69) is 5.32 Å². The van der Waals surface area contributed by atoms with Gasteiger partial charge in [-0.3, -0.25) is 4.79 Å². The monoisotopic (exact) mass is 207 g/mol. The second kappa shape index (κ2) is 3.90. The van der Waals surface area contributed by atoms with Crippen LogP contribution in [0, 0.1) is 0 Å². The Morgan fingerprint density at radius 1 is 1.53 bits per heavy atom. The molecule has 1 aliphatic heterocycles. The van der Waals surface area contributed by atoms with E-state index in [-0.39, 0.29) is 17.6 Å². The third-order valence-corrected chi connectivity index (χ3v) is 2.58. The van der Waals surface area contributed by atoms with Crippen LogP contribution in [0.3, 0.4) is 0 Å². The van der Waals surface area contributed by atoms with Gasteiger partial charge < -0.3 is 15.2 Å². The van der Waals surface area contributed by atoms with Crippen LogP contribution >= 0.6 is 0 Å². The van der Waals surface area contributed by atoms with Crippen LogP contribution in [0.15, 0.2) is 18.2 Å². The molecule has 4 nitrogen and oxygen atoms in total. The fourth-order valence-corrected chi connectivity index (χ4v) is 1.78. The summed E-state index contributed by atoms with van der Waals surface area (Å²) in [6, 6.07) is 4.72. The van der Waals surface area contributed by atoms with Gasteiger partial charge >= 0.3 is 0 Å². The molecule has 0 spiro atoms. The summed E-state index contributed by atoms with van der Waals surface area (Å²) in [5.41, 5.74) is 0.840. The average Bonchev–Trinajstić information content (AvgIpc) is 2.65. The molecule has 1 aromatic rings. The van der Waals surface area contributed by atoms with E-state index in [0.717, 1.165) is 5.56 Å². The van der Waals surface area contributed by atoms with E-state index in [1.807, 2.05) is 0 Å². The number of hydrogen-bond acceptors (Lipinski definition) is 4. The van der Waals surface area contributed by atoms with Gasteiger partial charge in [-0.2, -0.15) is 0 Å². The molecule has 0 radical (unpaired) electrons. The Morgan fingerprint density at radius 2 is 2.33 bits per heavy atom. The van der Waals surface area contributed by atoms with Gasteiger partial charge in [-0.15, -0.1) is 0 Å². The summed E-state index contributed by atoms with van der Waals surface area (Å²) in [5.74, 6) is 0.670. The zero-order valence-corrected chi connectivity index (χ0v) is 8.49. The second-order valence-electron chi connectivity index (χ2n) is 3.53. The number of hydrogen-bond donors (Lipinski definition) is 2. The topological polar surface area (TPSA) is 58.6 Å². The SMILES string of the molecule is COc1cc(C2NCCC2=O)ccc1O. The van der Waals surface area contributed by atoms with Crippen LogP contribution in [-0.2, 0) is 4.79 Å².